The molecule has 0 unspecified atom stereocenters. The van der Waals surface area contributed by atoms with Crippen LogP contribution >= 0.6 is 34.5 Å². The SMILES string of the molecule is O=C(O)Cc1sc(Nc2cccc(Cl)c2Cl)nc1-c1ccccc1. The van der Waals surface area contributed by atoms with Crippen molar-refractivity contribution >= 4 is 51.3 Å². The minimum atomic E-state index is -0.900. The fraction of sp³-hybridized carbons (Fsp3) is 0.0588. The molecule has 0 amide bonds. The maximum atomic E-state index is 11.1. The molecule has 0 saturated heterocycles. The van der Waals surface area contributed by atoms with Gasteiger partial charge in [-0.2, -0.15) is 0 Å². The zero-order chi connectivity index (χ0) is 17.1. The fourth-order valence-electron chi connectivity index (χ4n) is 2.20. The van der Waals surface area contributed by atoms with Crippen LogP contribution in [-0.2, 0) is 11.2 Å². The maximum absolute atomic E-state index is 11.1. The number of aromatic nitrogens is 1. The van der Waals surface area contributed by atoms with Crippen LogP contribution < -0.4 is 5.32 Å². The highest BCUT2D eigenvalue weighted by molar-refractivity contribution is 7.16. The summed E-state index contributed by atoms with van der Waals surface area (Å²) in [5.41, 5.74) is 2.15. The molecule has 0 spiro atoms. The summed E-state index contributed by atoms with van der Waals surface area (Å²) in [7, 11) is 0. The predicted molar refractivity (Wildman–Crippen MR) is 98.6 cm³/mol. The molecule has 0 radical (unpaired) electrons. The minimum absolute atomic E-state index is 0.0904. The minimum Gasteiger partial charge on any atom is -0.481 e. The van der Waals surface area contributed by atoms with Crippen molar-refractivity contribution in [1.82, 2.24) is 4.98 Å². The molecule has 0 saturated carbocycles. The second kappa shape index (κ2) is 7.21. The largest absolute Gasteiger partial charge is 0.481 e. The number of thiazole rings is 1. The van der Waals surface area contributed by atoms with Gasteiger partial charge in [-0.15, -0.1) is 11.3 Å². The third-order valence-corrected chi connectivity index (χ3v) is 5.04. The molecular formula is C17H12Cl2N2O2S. The molecule has 1 aromatic heterocycles. The van der Waals surface area contributed by atoms with Gasteiger partial charge in [0.2, 0.25) is 0 Å². The predicted octanol–water partition coefficient (Wildman–Crippen LogP) is 5.49. The van der Waals surface area contributed by atoms with Crippen molar-refractivity contribution in [2.75, 3.05) is 5.32 Å². The summed E-state index contributed by atoms with van der Waals surface area (Å²) in [4.78, 5) is 16.4. The quantitative estimate of drug-likeness (QED) is 0.616. The molecule has 122 valence electrons. The molecule has 1 heterocycles. The molecule has 0 atom stereocenters. The highest BCUT2D eigenvalue weighted by Crippen LogP contribution is 2.36. The number of nitrogens with zero attached hydrogens (tertiary/aromatic N) is 1. The van der Waals surface area contributed by atoms with Gasteiger partial charge in [-0.1, -0.05) is 59.6 Å². The zero-order valence-corrected chi connectivity index (χ0v) is 14.6. The van der Waals surface area contributed by atoms with Gasteiger partial charge in [0.15, 0.2) is 5.13 Å². The van der Waals surface area contributed by atoms with E-state index in [0.717, 1.165) is 5.56 Å². The third-order valence-electron chi connectivity index (χ3n) is 3.25. The molecule has 0 bridgehead atoms. The van der Waals surface area contributed by atoms with Crippen LogP contribution in [0, 0.1) is 0 Å². The van der Waals surface area contributed by atoms with Crippen LogP contribution in [0.3, 0.4) is 0 Å². The Bertz CT molecular complexity index is 882. The van der Waals surface area contributed by atoms with Crippen LogP contribution in [0.1, 0.15) is 4.88 Å². The summed E-state index contributed by atoms with van der Waals surface area (Å²) in [6.07, 6.45) is -0.0904. The van der Waals surface area contributed by atoms with E-state index in [1.807, 2.05) is 30.3 Å². The zero-order valence-electron chi connectivity index (χ0n) is 12.3. The number of carbonyl (C=O) groups is 1. The number of carboxylic acids is 1. The van der Waals surface area contributed by atoms with Gasteiger partial charge in [0, 0.05) is 10.4 Å². The van der Waals surface area contributed by atoms with E-state index in [0.29, 0.717) is 31.4 Å². The van der Waals surface area contributed by atoms with Gasteiger partial charge in [-0.05, 0) is 12.1 Å². The Morgan fingerprint density at radius 1 is 1.12 bits per heavy atom. The van der Waals surface area contributed by atoms with Gasteiger partial charge >= 0.3 is 5.97 Å². The highest BCUT2D eigenvalue weighted by atomic mass is 35.5. The number of aliphatic carboxylic acids is 1. The van der Waals surface area contributed by atoms with E-state index in [-0.39, 0.29) is 6.42 Å². The van der Waals surface area contributed by atoms with Crippen LogP contribution in [0.5, 0.6) is 0 Å². The number of nitrogens with one attached hydrogen (secondary N) is 1. The molecule has 0 aliphatic heterocycles. The Morgan fingerprint density at radius 3 is 2.58 bits per heavy atom. The maximum Gasteiger partial charge on any atom is 0.308 e. The van der Waals surface area contributed by atoms with Crippen LogP contribution in [-0.4, -0.2) is 16.1 Å². The van der Waals surface area contributed by atoms with Crippen molar-refractivity contribution in [1.29, 1.82) is 0 Å². The monoisotopic (exact) mass is 378 g/mol. The lowest BCUT2D eigenvalue weighted by atomic mass is 10.1. The Morgan fingerprint density at radius 2 is 1.88 bits per heavy atom. The molecule has 3 aromatic rings. The molecule has 0 aliphatic carbocycles. The Hall–Kier alpha value is -2.08. The molecule has 2 N–H and O–H groups in total. The molecule has 0 aliphatic rings. The smallest absolute Gasteiger partial charge is 0.308 e. The first-order valence-corrected chi connectivity index (χ1v) is 8.60. The number of anilines is 2. The highest BCUT2D eigenvalue weighted by Gasteiger charge is 2.16. The normalized spacial score (nSPS) is 10.6. The first kappa shape index (κ1) is 16.8. The molecular weight excluding hydrogens is 367 g/mol. The number of carboxylic acid groups (broad SMARTS) is 1. The van der Waals surface area contributed by atoms with E-state index in [1.54, 1.807) is 18.2 Å². The van der Waals surface area contributed by atoms with Gasteiger partial charge in [0.1, 0.15) is 0 Å². The van der Waals surface area contributed by atoms with Crippen LogP contribution in [0.15, 0.2) is 48.5 Å². The van der Waals surface area contributed by atoms with Gasteiger partial charge in [-0.3, -0.25) is 4.79 Å². The van der Waals surface area contributed by atoms with E-state index < -0.39 is 5.97 Å². The number of hydrogen-bond acceptors (Lipinski definition) is 4. The average molecular weight is 379 g/mol. The van der Waals surface area contributed by atoms with E-state index in [2.05, 4.69) is 10.3 Å². The van der Waals surface area contributed by atoms with Crippen LogP contribution in [0.25, 0.3) is 11.3 Å². The fourth-order valence-corrected chi connectivity index (χ4v) is 3.53. The molecule has 0 fully saturated rings. The number of benzene rings is 2. The lowest BCUT2D eigenvalue weighted by molar-refractivity contribution is -0.136. The van der Waals surface area contributed by atoms with Crippen molar-refractivity contribution < 1.29 is 9.90 Å². The Labute approximate surface area is 152 Å². The van der Waals surface area contributed by atoms with Crippen LogP contribution in [0.4, 0.5) is 10.8 Å². The lowest BCUT2D eigenvalue weighted by Crippen LogP contribution is -1.99. The Balaban J connectivity index is 1.99. The summed E-state index contributed by atoms with van der Waals surface area (Å²) in [5.74, 6) is -0.900. The van der Waals surface area contributed by atoms with Crippen LogP contribution in [0.2, 0.25) is 10.0 Å². The second-order valence-electron chi connectivity index (χ2n) is 4.95. The summed E-state index contributed by atoms with van der Waals surface area (Å²) >= 11 is 13.5. The number of halogens is 2. The standard InChI is InChI=1S/C17H12Cl2N2O2S/c18-11-7-4-8-12(15(11)19)20-17-21-16(10-5-2-1-3-6-10)13(24-17)9-14(22)23/h1-8H,9H2,(H,20,21)(H,22,23). The summed E-state index contributed by atoms with van der Waals surface area (Å²) in [5, 5.41) is 13.7. The lowest BCUT2D eigenvalue weighted by Gasteiger charge is -2.05. The molecule has 24 heavy (non-hydrogen) atoms. The molecule has 3 rings (SSSR count). The molecule has 7 heteroatoms. The molecule has 4 nitrogen and oxygen atoms in total. The molecule has 2 aromatic carbocycles. The van der Waals surface area contributed by atoms with E-state index in [1.165, 1.54) is 11.3 Å². The van der Waals surface area contributed by atoms with Crippen molar-refractivity contribution in [2.45, 2.75) is 6.42 Å². The van der Waals surface area contributed by atoms with E-state index >= 15 is 0 Å². The second-order valence-corrected chi connectivity index (χ2v) is 6.82. The van der Waals surface area contributed by atoms with Crippen molar-refractivity contribution in [3.8, 4) is 11.3 Å². The van der Waals surface area contributed by atoms with E-state index in [4.69, 9.17) is 28.3 Å². The third kappa shape index (κ3) is 3.70. The van der Waals surface area contributed by atoms with Crippen molar-refractivity contribution in [2.24, 2.45) is 0 Å². The first-order valence-electron chi connectivity index (χ1n) is 7.02. The van der Waals surface area contributed by atoms with Gasteiger partial charge in [0.05, 0.1) is 27.8 Å². The van der Waals surface area contributed by atoms with Gasteiger partial charge < -0.3 is 10.4 Å². The van der Waals surface area contributed by atoms with E-state index in [9.17, 15) is 4.79 Å². The summed E-state index contributed by atoms with van der Waals surface area (Å²) in [6, 6.07) is 14.7. The summed E-state index contributed by atoms with van der Waals surface area (Å²) in [6.45, 7) is 0. The number of hydrogen-bond donors (Lipinski definition) is 2. The van der Waals surface area contributed by atoms with Crippen molar-refractivity contribution in [3.05, 3.63) is 63.5 Å². The van der Waals surface area contributed by atoms with Gasteiger partial charge in [-0.25, -0.2) is 4.98 Å². The first-order chi connectivity index (χ1) is 11.5. The Kier molecular flexibility index (Phi) is 5.04. The van der Waals surface area contributed by atoms with Gasteiger partial charge in [0.25, 0.3) is 0 Å². The topological polar surface area (TPSA) is 62.2 Å². The summed E-state index contributed by atoms with van der Waals surface area (Å²) < 4.78 is 0. The number of rotatable bonds is 5. The van der Waals surface area contributed by atoms with Crippen molar-refractivity contribution in [3.63, 3.8) is 0 Å². The average Bonchev–Trinajstić information content (AvgIpc) is 2.94.